The predicted octanol–water partition coefficient (Wildman–Crippen LogP) is 4.62. The topological polar surface area (TPSA) is 78.3 Å². The summed E-state index contributed by atoms with van der Waals surface area (Å²) in [5.74, 6) is 0.676. The zero-order valence-corrected chi connectivity index (χ0v) is 16.7. The summed E-state index contributed by atoms with van der Waals surface area (Å²) in [6.45, 7) is 6.47. The lowest BCUT2D eigenvalue weighted by atomic mass is 10.1. The Morgan fingerprint density at radius 1 is 1.19 bits per heavy atom. The van der Waals surface area contributed by atoms with Crippen molar-refractivity contribution in [3.63, 3.8) is 0 Å². The van der Waals surface area contributed by atoms with Crippen LogP contribution in [0.15, 0.2) is 48.5 Å². The van der Waals surface area contributed by atoms with E-state index in [1.54, 1.807) is 18.2 Å². The third kappa shape index (κ3) is 5.83. The molecule has 2 aromatic rings. The molecule has 0 radical (unpaired) electrons. The quantitative estimate of drug-likeness (QED) is 0.781. The van der Waals surface area contributed by atoms with Crippen LogP contribution >= 0.6 is 0 Å². The Balaban J connectivity index is 0.000000321. The summed E-state index contributed by atoms with van der Waals surface area (Å²) >= 11 is 0. The number of carbonyl (C=O) groups is 1. The Hall–Kier alpha value is -2.33. The van der Waals surface area contributed by atoms with E-state index in [1.165, 1.54) is 24.0 Å². The second-order valence-electron chi connectivity index (χ2n) is 7.27. The number of fused-ring (bicyclic) bond motifs is 1. The number of hydrogen-bond acceptors (Lipinski definition) is 3. The van der Waals surface area contributed by atoms with E-state index in [9.17, 15) is 4.79 Å². The molecule has 0 saturated carbocycles. The average molecular weight is 369 g/mol. The molecule has 0 saturated heterocycles. The van der Waals surface area contributed by atoms with Crippen molar-refractivity contribution < 1.29 is 9.53 Å². The van der Waals surface area contributed by atoms with Crippen LogP contribution in [-0.2, 0) is 6.42 Å². The number of amides is 1. The van der Waals surface area contributed by atoms with Crippen molar-refractivity contribution in [1.29, 1.82) is 0 Å². The molecule has 146 valence electrons. The van der Waals surface area contributed by atoms with Crippen LogP contribution in [0.2, 0.25) is 0 Å². The molecule has 4 nitrogen and oxygen atoms in total. The summed E-state index contributed by atoms with van der Waals surface area (Å²) in [6.07, 6.45) is 4.57. The molecule has 4 N–H and O–H groups in total. The van der Waals surface area contributed by atoms with Crippen molar-refractivity contribution in [1.82, 2.24) is 0 Å². The Kier molecular flexibility index (Phi) is 7.86. The molecule has 0 bridgehead atoms. The maximum atomic E-state index is 11.2. The molecule has 2 aromatic carbocycles. The van der Waals surface area contributed by atoms with Gasteiger partial charge in [0.15, 0.2) is 0 Å². The highest BCUT2D eigenvalue weighted by molar-refractivity contribution is 5.93. The lowest BCUT2D eigenvalue weighted by molar-refractivity contribution is 0.0999. The fourth-order valence-corrected chi connectivity index (χ4v) is 3.38. The first-order chi connectivity index (χ1) is 13.0. The monoisotopic (exact) mass is 368 g/mol. The van der Waals surface area contributed by atoms with Crippen molar-refractivity contribution >= 4 is 5.91 Å². The molecule has 0 heterocycles. The normalized spacial score (nSPS) is 18.8. The largest absolute Gasteiger partial charge is 0.485 e. The number of rotatable bonds is 6. The van der Waals surface area contributed by atoms with Crippen LogP contribution in [0.3, 0.4) is 0 Å². The van der Waals surface area contributed by atoms with Gasteiger partial charge >= 0.3 is 0 Å². The van der Waals surface area contributed by atoms with Gasteiger partial charge in [0.05, 0.1) is 0 Å². The number of ether oxygens (including phenoxy) is 1. The SMILES string of the molecule is CCCC(N)CC.C[C@@H]1Cc2ccccc2C1Oc1cccc(C(N)=O)c1. The lowest BCUT2D eigenvalue weighted by Crippen LogP contribution is -2.17. The summed E-state index contributed by atoms with van der Waals surface area (Å²) in [5, 5.41) is 0. The van der Waals surface area contributed by atoms with Crippen LogP contribution < -0.4 is 16.2 Å². The van der Waals surface area contributed by atoms with E-state index >= 15 is 0 Å². The van der Waals surface area contributed by atoms with Crippen molar-refractivity contribution in [2.75, 3.05) is 0 Å². The number of primary amides is 1. The Morgan fingerprint density at radius 3 is 2.56 bits per heavy atom. The van der Waals surface area contributed by atoms with Gasteiger partial charge in [0, 0.05) is 17.5 Å². The standard InChI is InChI=1S/C17H17NO2.C6H15N/c1-11-9-12-5-2-3-8-15(12)16(11)20-14-7-4-6-13(10-14)17(18)19;1-3-5-6(7)4-2/h2-8,10-11,16H,9H2,1H3,(H2,18,19);6H,3-5,7H2,1-2H3/t11-,16?;/m1./s1. The molecule has 4 heteroatoms. The maximum Gasteiger partial charge on any atom is 0.248 e. The Labute approximate surface area is 162 Å². The van der Waals surface area contributed by atoms with Crippen LogP contribution in [0, 0.1) is 5.92 Å². The van der Waals surface area contributed by atoms with E-state index in [0.717, 1.165) is 12.8 Å². The lowest BCUT2D eigenvalue weighted by Gasteiger charge is -2.19. The van der Waals surface area contributed by atoms with Crippen LogP contribution in [0.4, 0.5) is 0 Å². The molecule has 0 aromatic heterocycles. The van der Waals surface area contributed by atoms with Gasteiger partial charge in [-0.3, -0.25) is 4.79 Å². The zero-order chi connectivity index (χ0) is 19.8. The molecule has 1 aliphatic rings. The Bertz CT molecular complexity index is 745. The molecule has 3 rings (SSSR count). The molecular weight excluding hydrogens is 336 g/mol. The summed E-state index contributed by atoms with van der Waals surface area (Å²) < 4.78 is 6.10. The van der Waals surface area contributed by atoms with Gasteiger partial charge in [-0.05, 0) is 48.6 Å². The van der Waals surface area contributed by atoms with Gasteiger partial charge in [-0.15, -0.1) is 0 Å². The van der Waals surface area contributed by atoms with Gasteiger partial charge in [-0.25, -0.2) is 0 Å². The molecular formula is C23H32N2O2. The van der Waals surface area contributed by atoms with Crippen molar-refractivity contribution in [2.24, 2.45) is 17.4 Å². The minimum absolute atomic E-state index is 0.0364. The second-order valence-corrected chi connectivity index (χ2v) is 7.27. The van der Waals surface area contributed by atoms with Gasteiger partial charge < -0.3 is 16.2 Å². The van der Waals surface area contributed by atoms with Gasteiger partial charge in [0.1, 0.15) is 11.9 Å². The molecule has 3 atom stereocenters. The summed E-state index contributed by atoms with van der Waals surface area (Å²) in [5.41, 5.74) is 13.9. The molecule has 1 amide bonds. The van der Waals surface area contributed by atoms with Crippen LogP contribution in [0.1, 0.15) is 67.6 Å². The number of carbonyl (C=O) groups excluding carboxylic acids is 1. The van der Waals surface area contributed by atoms with Gasteiger partial charge in [-0.2, -0.15) is 0 Å². The minimum Gasteiger partial charge on any atom is -0.485 e. The summed E-state index contributed by atoms with van der Waals surface area (Å²) in [4.78, 5) is 11.2. The molecule has 1 aliphatic carbocycles. The van der Waals surface area contributed by atoms with E-state index in [1.807, 2.05) is 12.1 Å². The summed E-state index contributed by atoms with van der Waals surface area (Å²) in [7, 11) is 0. The van der Waals surface area contributed by atoms with Gasteiger partial charge in [0.2, 0.25) is 5.91 Å². The zero-order valence-electron chi connectivity index (χ0n) is 16.7. The molecule has 0 fully saturated rings. The third-order valence-electron chi connectivity index (χ3n) is 4.99. The van der Waals surface area contributed by atoms with E-state index in [-0.39, 0.29) is 6.10 Å². The Morgan fingerprint density at radius 2 is 1.93 bits per heavy atom. The van der Waals surface area contributed by atoms with E-state index in [4.69, 9.17) is 16.2 Å². The summed E-state index contributed by atoms with van der Waals surface area (Å²) in [6, 6.07) is 15.9. The van der Waals surface area contributed by atoms with Gasteiger partial charge in [-0.1, -0.05) is 57.5 Å². The predicted molar refractivity (Wildman–Crippen MR) is 111 cm³/mol. The number of hydrogen-bond donors (Lipinski definition) is 2. The minimum atomic E-state index is -0.435. The smallest absolute Gasteiger partial charge is 0.248 e. The van der Waals surface area contributed by atoms with E-state index in [2.05, 4.69) is 39.0 Å². The van der Waals surface area contributed by atoms with E-state index in [0.29, 0.717) is 23.3 Å². The van der Waals surface area contributed by atoms with Crippen LogP contribution in [0.5, 0.6) is 5.75 Å². The van der Waals surface area contributed by atoms with Crippen LogP contribution in [-0.4, -0.2) is 11.9 Å². The molecule has 27 heavy (non-hydrogen) atoms. The highest BCUT2D eigenvalue weighted by atomic mass is 16.5. The van der Waals surface area contributed by atoms with Crippen LogP contribution in [0.25, 0.3) is 0 Å². The molecule has 2 unspecified atom stereocenters. The second kappa shape index (κ2) is 10.1. The fourth-order valence-electron chi connectivity index (χ4n) is 3.38. The molecule has 0 aliphatic heterocycles. The third-order valence-corrected chi connectivity index (χ3v) is 4.99. The highest BCUT2D eigenvalue weighted by Gasteiger charge is 2.30. The van der Waals surface area contributed by atoms with Crippen molar-refractivity contribution in [3.05, 3.63) is 65.2 Å². The first-order valence-corrected chi connectivity index (χ1v) is 9.86. The van der Waals surface area contributed by atoms with E-state index < -0.39 is 5.91 Å². The first-order valence-electron chi connectivity index (χ1n) is 9.86. The van der Waals surface area contributed by atoms with Crippen molar-refractivity contribution in [3.8, 4) is 5.75 Å². The first kappa shape index (κ1) is 21.0. The van der Waals surface area contributed by atoms with Crippen molar-refractivity contribution in [2.45, 2.75) is 58.6 Å². The maximum absolute atomic E-state index is 11.2. The fraction of sp³-hybridized carbons (Fsp3) is 0.435. The molecule has 0 spiro atoms. The average Bonchev–Trinajstić information content (AvgIpc) is 2.98. The number of nitrogens with two attached hydrogens (primary N) is 2. The number of benzene rings is 2. The van der Waals surface area contributed by atoms with Gasteiger partial charge in [0.25, 0.3) is 0 Å². The highest BCUT2D eigenvalue weighted by Crippen LogP contribution is 2.39.